The van der Waals surface area contributed by atoms with Crippen molar-refractivity contribution in [3.8, 4) is 0 Å². The van der Waals surface area contributed by atoms with Crippen LogP contribution in [0.3, 0.4) is 0 Å². The van der Waals surface area contributed by atoms with Crippen LogP contribution in [0.15, 0.2) is 0 Å². The largest absolute Gasteiger partial charge is 0.466 e. The molecule has 0 aromatic heterocycles. The second kappa shape index (κ2) is 6.30. The van der Waals surface area contributed by atoms with Crippen LogP contribution in [-0.4, -0.2) is 18.3 Å². The second-order valence-corrected chi connectivity index (χ2v) is 4.23. The molecular formula is C10H20O2S. The number of rotatable bonds is 6. The zero-order valence-electron chi connectivity index (χ0n) is 8.80. The van der Waals surface area contributed by atoms with Gasteiger partial charge in [-0.2, -0.15) is 12.6 Å². The zero-order valence-corrected chi connectivity index (χ0v) is 9.69. The number of carbonyl (C=O) groups excluding carboxylic acids is 1. The highest BCUT2D eigenvalue weighted by molar-refractivity contribution is 7.80. The van der Waals surface area contributed by atoms with E-state index in [4.69, 9.17) is 4.74 Å². The molecule has 0 aliphatic heterocycles. The normalized spacial score (nSPS) is 11.4. The molecule has 0 heterocycles. The molecule has 0 saturated heterocycles. The molecule has 0 fully saturated rings. The summed E-state index contributed by atoms with van der Waals surface area (Å²) in [6.07, 6.45) is 2.98. The Bertz CT molecular complexity index is 155. The first-order valence-corrected chi connectivity index (χ1v) is 5.46. The molecule has 0 unspecified atom stereocenters. The third-order valence-electron chi connectivity index (χ3n) is 2.04. The van der Waals surface area contributed by atoms with Crippen LogP contribution in [0.25, 0.3) is 0 Å². The number of unbranched alkanes of at least 4 members (excludes halogenated alkanes) is 1. The summed E-state index contributed by atoms with van der Waals surface area (Å²) >= 11 is 4.13. The summed E-state index contributed by atoms with van der Waals surface area (Å²) < 4.78 is 4.98. The molecular weight excluding hydrogens is 184 g/mol. The van der Waals surface area contributed by atoms with Gasteiger partial charge in [0.05, 0.1) is 12.0 Å². The zero-order chi connectivity index (χ0) is 10.3. The van der Waals surface area contributed by atoms with Crippen LogP contribution in [0.2, 0.25) is 0 Å². The van der Waals surface area contributed by atoms with Gasteiger partial charge in [0.1, 0.15) is 0 Å². The van der Waals surface area contributed by atoms with E-state index in [1.807, 2.05) is 20.8 Å². The van der Waals surface area contributed by atoms with Gasteiger partial charge < -0.3 is 4.74 Å². The highest BCUT2D eigenvalue weighted by atomic mass is 32.1. The minimum Gasteiger partial charge on any atom is -0.466 e. The molecule has 0 spiro atoms. The third-order valence-corrected chi connectivity index (χ3v) is 2.35. The maximum atomic E-state index is 11.4. The Hall–Kier alpha value is -0.180. The molecule has 0 atom stereocenters. The first-order valence-electron chi connectivity index (χ1n) is 4.82. The average Bonchev–Trinajstić information content (AvgIpc) is 2.05. The van der Waals surface area contributed by atoms with E-state index in [9.17, 15) is 4.79 Å². The molecule has 0 saturated carbocycles. The summed E-state index contributed by atoms with van der Waals surface area (Å²) in [6, 6.07) is 0. The lowest BCUT2D eigenvalue weighted by molar-refractivity contribution is -0.153. The van der Waals surface area contributed by atoms with Crippen molar-refractivity contribution >= 4 is 18.6 Å². The van der Waals surface area contributed by atoms with Gasteiger partial charge in [0.2, 0.25) is 0 Å². The SMILES string of the molecule is CCOC(=O)C(C)(C)CCCCS. The van der Waals surface area contributed by atoms with Crippen molar-refractivity contribution < 1.29 is 9.53 Å². The van der Waals surface area contributed by atoms with Gasteiger partial charge in [0, 0.05) is 0 Å². The fraction of sp³-hybridized carbons (Fsp3) is 0.900. The second-order valence-electron chi connectivity index (χ2n) is 3.79. The van der Waals surface area contributed by atoms with E-state index >= 15 is 0 Å². The standard InChI is InChI=1S/C10H20O2S/c1-4-12-9(11)10(2,3)7-5-6-8-13/h13H,4-8H2,1-3H3. The van der Waals surface area contributed by atoms with Crippen molar-refractivity contribution in [1.82, 2.24) is 0 Å². The van der Waals surface area contributed by atoms with E-state index in [2.05, 4.69) is 12.6 Å². The van der Waals surface area contributed by atoms with Gasteiger partial charge >= 0.3 is 5.97 Å². The Morgan fingerprint density at radius 2 is 2.00 bits per heavy atom. The van der Waals surface area contributed by atoms with Crippen LogP contribution in [0.1, 0.15) is 40.0 Å². The van der Waals surface area contributed by atoms with E-state index < -0.39 is 0 Å². The van der Waals surface area contributed by atoms with Crippen LogP contribution >= 0.6 is 12.6 Å². The smallest absolute Gasteiger partial charge is 0.311 e. The van der Waals surface area contributed by atoms with Gasteiger partial charge in [-0.05, 0) is 39.4 Å². The van der Waals surface area contributed by atoms with Gasteiger partial charge in [0.15, 0.2) is 0 Å². The van der Waals surface area contributed by atoms with Crippen molar-refractivity contribution in [1.29, 1.82) is 0 Å². The fourth-order valence-corrected chi connectivity index (χ4v) is 1.33. The summed E-state index contributed by atoms with van der Waals surface area (Å²) in [4.78, 5) is 11.4. The van der Waals surface area contributed by atoms with Crippen molar-refractivity contribution in [3.63, 3.8) is 0 Å². The van der Waals surface area contributed by atoms with Crippen molar-refractivity contribution in [2.24, 2.45) is 5.41 Å². The average molecular weight is 204 g/mol. The predicted molar refractivity (Wildman–Crippen MR) is 58.1 cm³/mol. The topological polar surface area (TPSA) is 26.3 Å². The van der Waals surface area contributed by atoms with Gasteiger partial charge in [0.25, 0.3) is 0 Å². The maximum absolute atomic E-state index is 11.4. The summed E-state index contributed by atoms with van der Waals surface area (Å²) in [7, 11) is 0. The van der Waals surface area contributed by atoms with Gasteiger partial charge in [-0.15, -0.1) is 0 Å². The van der Waals surface area contributed by atoms with Crippen LogP contribution in [0, 0.1) is 5.41 Å². The highest BCUT2D eigenvalue weighted by Crippen LogP contribution is 2.24. The summed E-state index contributed by atoms with van der Waals surface area (Å²) in [6.45, 7) is 6.17. The van der Waals surface area contributed by atoms with Gasteiger partial charge in [-0.1, -0.05) is 6.42 Å². The maximum Gasteiger partial charge on any atom is 0.311 e. The Morgan fingerprint density at radius 1 is 1.38 bits per heavy atom. The molecule has 0 amide bonds. The molecule has 0 aromatic rings. The van der Waals surface area contributed by atoms with E-state index in [1.54, 1.807) is 0 Å². The molecule has 0 aliphatic carbocycles. The predicted octanol–water partition coefficient (Wildman–Crippen LogP) is 2.68. The molecule has 0 N–H and O–H groups in total. The van der Waals surface area contributed by atoms with E-state index in [1.165, 1.54) is 0 Å². The van der Waals surface area contributed by atoms with Gasteiger partial charge in [-0.25, -0.2) is 0 Å². The van der Waals surface area contributed by atoms with Crippen molar-refractivity contribution in [2.75, 3.05) is 12.4 Å². The number of carbonyl (C=O) groups is 1. The first-order chi connectivity index (χ1) is 6.04. The lowest BCUT2D eigenvalue weighted by atomic mass is 9.87. The number of esters is 1. The lowest BCUT2D eigenvalue weighted by Crippen LogP contribution is -2.26. The molecule has 0 radical (unpaired) electrons. The monoisotopic (exact) mass is 204 g/mol. The summed E-state index contributed by atoms with van der Waals surface area (Å²) in [5, 5.41) is 0. The lowest BCUT2D eigenvalue weighted by Gasteiger charge is -2.21. The van der Waals surface area contributed by atoms with E-state index in [0.29, 0.717) is 6.61 Å². The van der Waals surface area contributed by atoms with E-state index in [0.717, 1.165) is 25.0 Å². The fourth-order valence-electron chi connectivity index (χ4n) is 1.11. The minimum atomic E-state index is -0.334. The molecule has 0 aliphatic rings. The Balaban J connectivity index is 3.83. The number of hydrogen-bond acceptors (Lipinski definition) is 3. The molecule has 3 heteroatoms. The van der Waals surface area contributed by atoms with E-state index in [-0.39, 0.29) is 11.4 Å². The summed E-state index contributed by atoms with van der Waals surface area (Å²) in [5.41, 5.74) is -0.334. The first kappa shape index (κ1) is 12.8. The third kappa shape index (κ3) is 5.19. The molecule has 0 rings (SSSR count). The Kier molecular flexibility index (Phi) is 6.21. The highest BCUT2D eigenvalue weighted by Gasteiger charge is 2.28. The number of ether oxygens (including phenoxy) is 1. The van der Waals surface area contributed by atoms with Crippen LogP contribution in [-0.2, 0) is 9.53 Å². The molecule has 2 nitrogen and oxygen atoms in total. The van der Waals surface area contributed by atoms with Crippen LogP contribution in [0.5, 0.6) is 0 Å². The molecule has 78 valence electrons. The molecule has 0 bridgehead atoms. The minimum absolute atomic E-state index is 0.0887. The van der Waals surface area contributed by atoms with Gasteiger partial charge in [-0.3, -0.25) is 4.79 Å². The Labute approximate surface area is 86.5 Å². The number of thiol groups is 1. The van der Waals surface area contributed by atoms with Crippen LogP contribution < -0.4 is 0 Å². The Morgan fingerprint density at radius 3 is 2.46 bits per heavy atom. The molecule has 0 aromatic carbocycles. The quantitative estimate of drug-likeness (QED) is 0.409. The van der Waals surface area contributed by atoms with Crippen molar-refractivity contribution in [2.45, 2.75) is 40.0 Å². The summed E-state index contributed by atoms with van der Waals surface area (Å²) in [5.74, 6) is 0.799. The van der Waals surface area contributed by atoms with Crippen LogP contribution in [0.4, 0.5) is 0 Å². The number of hydrogen-bond donors (Lipinski definition) is 1. The molecule has 13 heavy (non-hydrogen) atoms. The van der Waals surface area contributed by atoms with Crippen molar-refractivity contribution in [3.05, 3.63) is 0 Å².